The Kier molecular flexibility index (Phi) is 4.58. The molecule has 0 saturated heterocycles. The van der Waals surface area contributed by atoms with E-state index < -0.39 is 0 Å². The summed E-state index contributed by atoms with van der Waals surface area (Å²) in [4.78, 5) is 11.7. The average Bonchev–Trinajstić information content (AvgIpc) is 2.38. The van der Waals surface area contributed by atoms with E-state index in [1.807, 2.05) is 13.1 Å². The number of benzene rings is 1. The lowest BCUT2D eigenvalue weighted by molar-refractivity contribution is -0.122. The lowest BCUT2D eigenvalue weighted by Gasteiger charge is -2.36. The zero-order chi connectivity index (χ0) is 14.8. The van der Waals surface area contributed by atoms with Crippen LogP contribution in [0.3, 0.4) is 0 Å². The molecule has 1 unspecified atom stereocenters. The van der Waals surface area contributed by atoms with Crippen molar-refractivity contribution in [1.29, 1.82) is 0 Å². The summed E-state index contributed by atoms with van der Waals surface area (Å²) < 4.78 is 5.35. The highest BCUT2D eigenvalue weighted by atomic mass is 35.5. The lowest BCUT2D eigenvalue weighted by atomic mass is 9.84. The van der Waals surface area contributed by atoms with E-state index in [0.29, 0.717) is 15.8 Å². The fourth-order valence-electron chi connectivity index (χ4n) is 1.92. The van der Waals surface area contributed by atoms with Crippen molar-refractivity contribution in [2.75, 3.05) is 13.7 Å². The van der Waals surface area contributed by atoms with Crippen LogP contribution in [0, 0.1) is 0 Å². The number of nitrogens with one attached hydrogen (secondary N) is 2. The Morgan fingerprint density at radius 3 is 2.70 bits per heavy atom. The summed E-state index contributed by atoms with van der Waals surface area (Å²) in [5.41, 5.74) is 0.886. The van der Waals surface area contributed by atoms with E-state index in [1.165, 1.54) is 0 Å². The highest BCUT2D eigenvalue weighted by Gasteiger charge is 2.30. The highest BCUT2D eigenvalue weighted by Crippen LogP contribution is 2.28. The first-order valence-electron chi connectivity index (χ1n) is 6.20. The third kappa shape index (κ3) is 3.66. The Morgan fingerprint density at radius 1 is 1.40 bits per heavy atom. The van der Waals surface area contributed by atoms with E-state index in [4.69, 9.17) is 27.9 Å². The maximum atomic E-state index is 11.7. The second-order valence-electron chi connectivity index (χ2n) is 4.93. The predicted octanol–water partition coefficient (Wildman–Crippen LogP) is 2.75. The molecular weight excluding hydrogens is 299 g/mol. The molecule has 1 atom stereocenters. The number of rotatable bonds is 5. The summed E-state index contributed by atoms with van der Waals surface area (Å²) in [6.45, 7) is 2.00. The maximum absolute atomic E-state index is 11.7. The van der Waals surface area contributed by atoms with Gasteiger partial charge in [-0.3, -0.25) is 4.79 Å². The van der Waals surface area contributed by atoms with Crippen molar-refractivity contribution in [3.8, 4) is 5.75 Å². The molecule has 0 bridgehead atoms. The average molecular weight is 315 g/mol. The molecule has 0 fully saturated rings. The summed E-state index contributed by atoms with van der Waals surface area (Å²) in [5.74, 6) is 0.317. The van der Waals surface area contributed by atoms with Crippen LogP contribution < -0.4 is 15.4 Å². The molecule has 2 rings (SSSR count). The van der Waals surface area contributed by atoms with Crippen molar-refractivity contribution in [3.63, 3.8) is 0 Å². The molecule has 0 radical (unpaired) electrons. The summed E-state index contributed by atoms with van der Waals surface area (Å²) in [5, 5.41) is 6.82. The summed E-state index contributed by atoms with van der Waals surface area (Å²) in [6, 6.07) is 4.88. The molecule has 1 aliphatic rings. The number of amides is 1. The number of hydrogen-bond acceptors (Lipinski definition) is 3. The molecular formula is C14H16Cl2N2O2. The van der Waals surface area contributed by atoms with E-state index in [0.717, 1.165) is 12.1 Å². The van der Waals surface area contributed by atoms with Crippen LogP contribution in [0.4, 0.5) is 0 Å². The molecule has 1 aliphatic carbocycles. The third-order valence-electron chi connectivity index (χ3n) is 3.18. The van der Waals surface area contributed by atoms with Gasteiger partial charge in [0.2, 0.25) is 0 Å². The summed E-state index contributed by atoms with van der Waals surface area (Å²) >= 11 is 11.7. The number of halogens is 2. The van der Waals surface area contributed by atoms with Crippen LogP contribution in [-0.4, -0.2) is 25.1 Å². The number of likely N-dealkylation sites (N-methyl/N-ethyl adjacent to an activating group) is 1. The number of carbonyl (C=O) groups excluding carboxylic acids is 1. The van der Waals surface area contributed by atoms with Gasteiger partial charge >= 0.3 is 0 Å². The molecule has 1 aromatic rings. The smallest absolute Gasteiger partial charge is 0.262 e. The molecule has 2 N–H and O–H groups in total. The largest absolute Gasteiger partial charge is 0.484 e. The van der Waals surface area contributed by atoms with Crippen LogP contribution in [0.25, 0.3) is 0 Å². The SMILES string of the molecule is CNC1(C)C=C(NC(=O)COc2ccc(Cl)c(Cl)c2)C1. The molecule has 6 heteroatoms. The normalized spacial score (nSPS) is 20.9. The second kappa shape index (κ2) is 6.04. The minimum Gasteiger partial charge on any atom is -0.484 e. The van der Waals surface area contributed by atoms with Crippen molar-refractivity contribution in [2.45, 2.75) is 18.9 Å². The van der Waals surface area contributed by atoms with Crippen LogP contribution >= 0.6 is 23.2 Å². The van der Waals surface area contributed by atoms with Crippen LogP contribution in [0.2, 0.25) is 10.0 Å². The van der Waals surface area contributed by atoms with Crippen LogP contribution in [0.5, 0.6) is 5.75 Å². The van der Waals surface area contributed by atoms with Crippen LogP contribution in [0.15, 0.2) is 30.0 Å². The van der Waals surface area contributed by atoms with Gasteiger partial charge in [-0.1, -0.05) is 23.2 Å². The summed E-state index contributed by atoms with van der Waals surface area (Å²) in [7, 11) is 1.89. The van der Waals surface area contributed by atoms with Gasteiger partial charge in [0.1, 0.15) is 5.75 Å². The van der Waals surface area contributed by atoms with E-state index in [2.05, 4.69) is 17.6 Å². The second-order valence-corrected chi connectivity index (χ2v) is 5.74. The predicted molar refractivity (Wildman–Crippen MR) is 80.3 cm³/mol. The molecule has 20 heavy (non-hydrogen) atoms. The fraction of sp³-hybridized carbons (Fsp3) is 0.357. The molecule has 4 nitrogen and oxygen atoms in total. The van der Waals surface area contributed by atoms with Gasteiger partial charge in [0.05, 0.1) is 10.0 Å². The molecule has 0 spiro atoms. The Balaban J connectivity index is 1.81. The van der Waals surface area contributed by atoms with Crippen LogP contribution in [-0.2, 0) is 4.79 Å². The monoisotopic (exact) mass is 314 g/mol. The minimum absolute atomic E-state index is 0.0207. The van der Waals surface area contributed by atoms with Crippen LogP contribution in [0.1, 0.15) is 13.3 Å². The zero-order valence-corrected chi connectivity index (χ0v) is 12.8. The van der Waals surface area contributed by atoms with Gasteiger partial charge in [0, 0.05) is 23.7 Å². The quantitative estimate of drug-likeness (QED) is 0.878. The van der Waals surface area contributed by atoms with E-state index in [9.17, 15) is 4.79 Å². The van der Waals surface area contributed by atoms with Crippen molar-refractivity contribution >= 4 is 29.1 Å². The lowest BCUT2D eigenvalue weighted by Crippen LogP contribution is -2.48. The van der Waals surface area contributed by atoms with Gasteiger partial charge in [-0.05, 0) is 32.2 Å². The first-order chi connectivity index (χ1) is 9.42. The molecule has 0 heterocycles. The molecule has 1 aromatic carbocycles. The van der Waals surface area contributed by atoms with E-state index in [1.54, 1.807) is 18.2 Å². The van der Waals surface area contributed by atoms with Crippen molar-refractivity contribution < 1.29 is 9.53 Å². The fourth-order valence-corrected chi connectivity index (χ4v) is 2.21. The van der Waals surface area contributed by atoms with E-state index >= 15 is 0 Å². The van der Waals surface area contributed by atoms with Crippen molar-refractivity contribution in [3.05, 3.63) is 40.0 Å². The number of hydrogen-bond donors (Lipinski definition) is 2. The Morgan fingerprint density at radius 2 is 2.10 bits per heavy atom. The Hall–Kier alpha value is -1.23. The highest BCUT2D eigenvalue weighted by molar-refractivity contribution is 6.42. The molecule has 108 valence electrons. The first-order valence-corrected chi connectivity index (χ1v) is 6.96. The third-order valence-corrected chi connectivity index (χ3v) is 3.92. The summed E-state index contributed by atoms with van der Waals surface area (Å²) in [6.07, 6.45) is 2.78. The maximum Gasteiger partial charge on any atom is 0.262 e. The van der Waals surface area contributed by atoms with Gasteiger partial charge in [0.25, 0.3) is 5.91 Å². The molecule has 0 saturated carbocycles. The molecule has 0 aliphatic heterocycles. The van der Waals surface area contributed by atoms with Crippen molar-refractivity contribution in [1.82, 2.24) is 10.6 Å². The minimum atomic E-state index is -0.194. The van der Waals surface area contributed by atoms with Gasteiger partial charge < -0.3 is 15.4 Å². The van der Waals surface area contributed by atoms with Gasteiger partial charge in [-0.15, -0.1) is 0 Å². The van der Waals surface area contributed by atoms with Gasteiger partial charge in [0.15, 0.2) is 6.61 Å². The zero-order valence-electron chi connectivity index (χ0n) is 11.3. The Labute approximate surface area is 128 Å². The number of carbonyl (C=O) groups is 1. The van der Waals surface area contributed by atoms with E-state index in [-0.39, 0.29) is 18.1 Å². The topological polar surface area (TPSA) is 50.4 Å². The molecule has 0 aromatic heterocycles. The van der Waals surface area contributed by atoms with Gasteiger partial charge in [-0.25, -0.2) is 0 Å². The van der Waals surface area contributed by atoms with Crippen molar-refractivity contribution in [2.24, 2.45) is 0 Å². The standard InChI is InChI=1S/C14H16Cl2N2O2/c1-14(17-2)6-9(7-14)18-13(19)8-20-10-3-4-11(15)12(16)5-10/h3-6,17H,7-8H2,1-2H3,(H,18,19). The number of ether oxygens (including phenoxy) is 1. The van der Waals surface area contributed by atoms with Gasteiger partial charge in [-0.2, -0.15) is 0 Å². The molecule has 1 amide bonds. The first kappa shape index (κ1) is 15.2. The Bertz CT molecular complexity index is 560.